The Bertz CT molecular complexity index is 1210. The highest BCUT2D eigenvalue weighted by atomic mass is 35.5. The van der Waals surface area contributed by atoms with Gasteiger partial charge in [-0.1, -0.05) is 36.4 Å². The molecule has 8 heteroatoms. The lowest BCUT2D eigenvalue weighted by molar-refractivity contribution is 0.598. The smallest absolute Gasteiger partial charge is 0.279 e. The highest BCUT2D eigenvalue weighted by Gasteiger charge is 2.09. The lowest BCUT2D eigenvalue weighted by Gasteiger charge is -2.02. The Morgan fingerprint density at radius 1 is 1.12 bits per heavy atom. The van der Waals surface area contributed by atoms with Crippen molar-refractivity contribution in [1.29, 1.82) is 0 Å². The predicted molar refractivity (Wildman–Crippen MR) is 97.6 cm³/mol. The molecule has 0 aliphatic rings. The number of hydrogen-bond donors (Lipinski definition) is 2. The summed E-state index contributed by atoms with van der Waals surface area (Å²) in [6.07, 6.45) is 1.65. The van der Waals surface area contributed by atoms with Crippen molar-refractivity contribution in [1.82, 2.24) is 9.78 Å². The van der Waals surface area contributed by atoms with Gasteiger partial charge >= 0.3 is 0 Å². The summed E-state index contributed by atoms with van der Waals surface area (Å²) in [4.78, 5) is 12.6. The van der Waals surface area contributed by atoms with E-state index in [4.69, 9.17) is 16.7 Å². The summed E-state index contributed by atoms with van der Waals surface area (Å²) in [5.74, 6) is 0. The average molecular weight is 376 g/mol. The molecule has 0 bridgehead atoms. The van der Waals surface area contributed by atoms with Gasteiger partial charge in [-0.05, 0) is 42.0 Å². The third kappa shape index (κ3) is 3.43. The van der Waals surface area contributed by atoms with Crippen molar-refractivity contribution in [2.45, 2.75) is 4.90 Å². The van der Waals surface area contributed by atoms with Gasteiger partial charge in [-0.2, -0.15) is 0 Å². The Kier molecular flexibility index (Phi) is 4.38. The van der Waals surface area contributed by atoms with Crippen molar-refractivity contribution in [3.63, 3.8) is 0 Å². The number of rotatable bonds is 3. The standard InChI is InChI=1S/C17H14ClN3O3S/c1-11-15(10-12-4-2-3-5-16(12)18)17(22)21(20-11)13-6-8-14(9-7-13)25(19,23)24/h2-10,20H,1H2,(H2,19,23,24)/b15-10-. The second-order valence-electron chi connectivity index (χ2n) is 5.35. The molecule has 6 nitrogen and oxygen atoms in total. The fraction of sp³-hybridized carbons (Fsp3) is 0. The predicted octanol–water partition coefficient (Wildman–Crippen LogP) is 0.706. The molecule has 128 valence electrons. The summed E-state index contributed by atoms with van der Waals surface area (Å²) >= 11 is 6.12. The van der Waals surface area contributed by atoms with E-state index in [1.54, 1.807) is 24.3 Å². The molecular formula is C17H14ClN3O3S. The molecule has 1 aromatic heterocycles. The molecule has 0 saturated carbocycles. The minimum absolute atomic E-state index is 0.0337. The molecule has 3 aromatic rings. The zero-order chi connectivity index (χ0) is 18.2. The third-order valence-electron chi connectivity index (χ3n) is 3.63. The molecule has 3 rings (SSSR count). The van der Waals surface area contributed by atoms with Crippen molar-refractivity contribution < 1.29 is 8.42 Å². The maximum atomic E-state index is 12.7. The molecule has 3 N–H and O–H groups in total. The summed E-state index contributed by atoms with van der Waals surface area (Å²) in [6.45, 7) is 3.84. The largest absolute Gasteiger partial charge is 0.291 e. The number of aromatic amines is 1. The topological polar surface area (TPSA) is 97.9 Å². The van der Waals surface area contributed by atoms with Crippen LogP contribution >= 0.6 is 11.6 Å². The minimum atomic E-state index is -3.79. The molecular weight excluding hydrogens is 362 g/mol. The number of nitrogens with zero attached hydrogens (tertiary/aromatic N) is 1. The molecule has 0 fully saturated rings. The second-order valence-corrected chi connectivity index (χ2v) is 7.32. The molecule has 0 aliphatic carbocycles. The van der Waals surface area contributed by atoms with E-state index in [1.807, 2.05) is 6.07 Å². The minimum Gasteiger partial charge on any atom is -0.291 e. The number of nitrogens with one attached hydrogen (secondary N) is 1. The van der Waals surface area contributed by atoms with E-state index < -0.39 is 10.0 Å². The summed E-state index contributed by atoms with van der Waals surface area (Å²) in [5.41, 5.74) is 0.830. The average Bonchev–Trinajstić information content (AvgIpc) is 2.84. The number of benzene rings is 2. The Balaban J connectivity index is 2.14. The Morgan fingerprint density at radius 2 is 1.76 bits per heavy atom. The molecule has 0 atom stereocenters. The lowest BCUT2D eigenvalue weighted by Crippen LogP contribution is -2.34. The van der Waals surface area contributed by atoms with E-state index in [1.165, 1.54) is 28.9 Å². The Labute approximate surface area is 148 Å². The van der Waals surface area contributed by atoms with Crippen molar-refractivity contribution in [2.75, 3.05) is 0 Å². The summed E-state index contributed by atoms with van der Waals surface area (Å²) in [6, 6.07) is 12.8. The number of aromatic nitrogens is 2. The van der Waals surface area contributed by atoms with Crippen molar-refractivity contribution in [3.05, 3.63) is 80.0 Å². The first-order valence-corrected chi connectivity index (χ1v) is 9.09. The highest BCUT2D eigenvalue weighted by Crippen LogP contribution is 2.14. The fourth-order valence-corrected chi connectivity index (χ4v) is 3.06. The van der Waals surface area contributed by atoms with Gasteiger partial charge in [0, 0.05) is 5.02 Å². The van der Waals surface area contributed by atoms with Gasteiger partial charge in [-0.15, -0.1) is 0 Å². The quantitative estimate of drug-likeness (QED) is 0.705. The molecule has 0 aliphatic heterocycles. The zero-order valence-corrected chi connectivity index (χ0v) is 14.5. The van der Waals surface area contributed by atoms with Gasteiger partial charge in [-0.25, -0.2) is 18.2 Å². The lowest BCUT2D eigenvalue weighted by atomic mass is 10.2. The number of hydrogen-bond acceptors (Lipinski definition) is 3. The third-order valence-corrected chi connectivity index (χ3v) is 4.91. The Hall–Kier alpha value is -2.61. The number of halogens is 1. The van der Waals surface area contributed by atoms with E-state index in [-0.39, 0.29) is 10.5 Å². The van der Waals surface area contributed by atoms with Gasteiger partial charge in [0.25, 0.3) is 5.56 Å². The number of sulfonamides is 1. The van der Waals surface area contributed by atoms with Gasteiger partial charge < -0.3 is 0 Å². The SMILES string of the molecule is C=c1[nH]n(-c2ccc(S(N)(=O)=O)cc2)c(=O)/c1=C\c1ccccc1Cl. The molecule has 1 heterocycles. The van der Waals surface area contributed by atoms with Gasteiger partial charge in [0.1, 0.15) is 0 Å². The van der Waals surface area contributed by atoms with Crippen molar-refractivity contribution >= 4 is 34.3 Å². The van der Waals surface area contributed by atoms with Crippen LogP contribution in [0.2, 0.25) is 5.02 Å². The van der Waals surface area contributed by atoms with Crippen LogP contribution in [0, 0.1) is 0 Å². The highest BCUT2D eigenvalue weighted by molar-refractivity contribution is 7.89. The first-order chi connectivity index (χ1) is 11.8. The van der Waals surface area contributed by atoms with E-state index >= 15 is 0 Å². The van der Waals surface area contributed by atoms with Crippen LogP contribution in [-0.4, -0.2) is 18.2 Å². The maximum absolute atomic E-state index is 12.7. The van der Waals surface area contributed by atoms with Crippen LogP contribution in [0.25, 0.3) is 18.3 Å². The molecule has 25 heavy (non-hydrogen) atoms. The first-order valence-electron chi connectivity index (χ1n) is 7.17. The normalized spacial score (nSPS) is 12.5. The maximum Gasteiger partial charge on any atom is 0.279 e. The van der Waals surface area contributed by atoms with Crippen LogP contribution in [-0.2, 0) is 10.0 Å². The van der Waals surface area contributed by atoms with E-state index in [0.717, 1.165) is 0 Å². The van der Waals surface area contributed by atoms with Crippen LogP contribution in [0.3, 0.4) is 0 Å². The molecule has 0 radical (unpaired) electrons. The van der Waals surface area contributed by atoms with Gasteiger partial charge in [-0.3, -0.25) is 9.89 Å². The van der Waals surface area contributed by atoms with Gasteiger partial charge in [0.2, 0.25) is 10.0 Å². The van der Waals surface area contributed by atoms with Crippen LogP contribution < -0.4 is 21.3 Å². The molecule has 0 unspecified atom stereocenters. The van der Waals surface area contributed by atoms with Crippen LogP contribution in [0.1, 0.15) is 5.56 Å². The number of H-pyrrole nitrogens is 1. The summed E-state index contributed by atoms with van der Waals surface area (Å²) in [5, 5.41) is 9.24. The Morgan fingerprint density at radius 3 is 2.36 bits per heavy atom. The van der Waals surface area contributed by atoms with E-state index in [9.17, 15) is 13.2 Å². The monoisotopic (exact) mass is 375 g/mol. The first kappa shape index (κ1) is 17.2. The molecule has 0 saturated heterocycles. The van der Waals surface area contributed by atoms with Crippen LogP contribution in [0.5, 0.6) is 0 Å². The summed E-state index contributed by atoms with van der Waals surface area (Å²) < 4.78 is 23.9. The molecule has 2 aromatic carbocycles. The zero-order valence-electron chi connectivity index (χ0n) is 12.9. The van der Waals surface area contributed by atoms with Crippen molar-refractivity contribution in [3.8, 4) is 5.69 Å². The van der Waals surface area contributed by atoms with Crippen LogP contribution in [0.15, 0.2) is 58.2 Å². The number of primary sulfonamides is 1. The fourth-order valence-electron chi connectivity index (χ4n) is 2.36. The van der Waals surface area contributed by atoms with Crippen LogP contribution in [0.4, 0.5) is 0 Å². The molecule has 0 amide bonds. The molecule has 0 spiro atoms. The van der Waals surface area contributed by atoms with E-state index in [0.29, 0.717) is 26.8 Å². The summed E-state index contributed by atoms with van der Waals surface area (Å²) in [7, 11) is -3.79. The van der Waals surface area contributed by atoms with Crippen molar-refractivity contribution in [2.24, 2.45) is 5.14 Å². The van der Waals surface area contributed by atoms with Gasteiger partial charge in [0.15, 0.2) is 0 Å². The van der Waals surface area contributed by atoms with Gasteiger partial charge in [0.05, 0.1) is 21.2 Å². The van der Waals surface area contributed by atoms with E-state index in [2.05, 4.69) is 11.7 Å². The second kappa shape index (κ2) is 6.36. The number of nitrogens with two attached hydrogens (primary N) is 1.